The Balaban J connectivity index is 1.73. The Morgan fingerprint density at radius 1 is 1.43 bits per heavy atom. The van der Waals surface area contributed by atoms with Gasteiger partial charge in [-0.05, 0) is 36.6 Å². The minimum atomic E-state index is -0.996. The van der Waals surface area contributed by atoms with Crippen LogP contribution >= 0.6 is 0 Å². The third-order valence-electron chi connectivity index (χ3n) is 4.09. The molecule has 1 heterocycles. The van der Waals surface area contributed by atoms with Crippen LogP contribution in [0.15, 0.2) is 23.8 Å². The normalized spacial score (nSPS) is 17.3. The molecule has 1 saturated carbocycles. The Hall–Kier alpha value is -2.50. The Kier molecular flexibility index (Phi) is 4.23. The SMILES string of the molecule is COc1ccc2c(c1)C=C(C(=O)NC(CC1CC1)C(=O)O)CO2. The topological polar surface area (TPSA) is 84.9 Å². The standard InChI is InChI=1S/C17H19NO5/c1-22-13-4-5-15-11(8-13)7-12(9-23-15)16(19)18-14(17(20)21)6-10-2-3-10/h4-5,7-8,10,14H,2-3,6,9H2,1H3,(H,18,19)(H,20,21). The molecule has 23 heavy (non-hydrogen) atoms. The number of carboxylic acid groups (broad SMARTS) is 1. The lowest BCUT2D eigenvalue weighted by atomic mass is 10.1. The molecular formula is C17H19NO5. The molecule has 1 atom stereocenters. The van der Waals surface area contributed by atoms with E-state index in [4.69, 9.17) is 9.47 Å². The lowest BCUT2D eigenvalue weighted by Gasteiger charge is -2.20. The van der Waals surface area contributed by atoms with Crippen LogP contribution in [0.3, 0.4) is 0 Å². The molecule has 6 nitrogen and oxygen atoms in total. The van der Waals surface area contributed by atoms with Crippen molar-refractivity contribution < 1.29 is 24.2 Å². The largest absolute Gasteiger partial charge is 0.497 e. The molecule has 2 N–H and O–H groups in total. The average molecular weight is 317 g/mol. The van der Waals surface area contributed by atoms with Gasteiger partial charge < -0.3 is 19.9 Å². The molecule has 3 rings (SSSR count). The van der Waals surface area contributed by atoms with Gasteiger partial charge >= 0.3 is 5.97 Å². The lowest BCUT2D eigenvalue weighted by Crippen LogP contribution is -2.42. The highest BCUT2D eigenvalue weighted by molar-refractivity contribution is 6.00. The molecule has 1 unspecified atom stereocenters. The maximum atomic E-state index is 12.3. The second kappa shape index (κ2) is 6.32. The van der Waals surface area contributed by atoms with Crippen LogP contribution in [0.5, 0.6) is 11.5 Å². The van der Waals surface area contributed by atoms with Crippen LogP contribution in [0.1, 0.15) is 24.8 Å². The van der Waals surface area contributed by atoms with E-state index >= 15 is 0 Å². The first kappa shape index (κ1) is 15.4. The van der Waals surface area contributed by atoms with Crippen LogP contribution in [0.25, 0.3) is 6.08 Å². The summed E-state index contributed by atoms with van der Waals surface area (Å²) in [5.41, 5.74) is 1.16. The molecule has 1 amide bonds. The predicted octanol–water partition coefficient (Wildman–Crippen LogP) is 1.84. The van der Waals surface area contributed by atoms with E-state index in [1.54, 1.807) is 31.4 Å². The smallest absolute Gasteiger partial charge is 0.326 e. The summed E-state index contributed by atoms with van der Waals surface area (Å²) in [6.07, 6.45) is 4.28. The Morgan fingerprint density at radius 3 is 2.87 bits per heavy atom. The number of carbonyl (C=O) groups is 2. The molecule has 0 aromatic heterocycles. The monoisotopic (exact) mass is 317 g/mol. The number of aliphatic carboxylic acids is 1. The fourth-order valence-electron chi connectivity index (χ4n) is 2.57. The van der Waals surface area contributed by atoms with E-state index in [0.29, 0.717) is 29.4 Å². The second-order valence-corrected chi connectivity index (χ2v) is 5.91. The Labute approximate surface area is 134 Å². The van der Waals surface area contributed by atoms with Gasteiger partial charge in [0.25, 0.3) is 5.91 Å². The zero-order valence-corrected chi connectivity index (χ0v) is 12.9. The van der Waals surface area contributed by atoms with Crippen molar-refractivity contribution in [1.29, 1.82) is 0 Å². The van der Waals surface area contributed by atoms with Crippen molar-refractivity contribution >= 4 is 18.0 Å². The first-order chi connectivity index (χ1) is 11.1. The van der Waals surface area contributed by atoms with Crippen LogP contribution in [0.2, 0.25) is 0 Å². The van der Waals surface area contributed by atoms with Crippen molar-refractivity contribution in [3.05, 3.63) is 29.3 Å². The number of amides is 1. The van der Waals surface area contributed by atoms with Gasteiger partial charge in [0.05, 0.1) is 12.7 Å². The summed E-state index contributed by atoms with van der Waals surface area (Å²) in [5, 5.41) is 11.8. The van der Waals surface area contributed by atoms with Gasteiger partial charge in [-0.1, -0.05) is 12.8 Å². The summed E-state index contributed by atoms with van der Waals surface area (Å²) in [7, 11) is 1.57. The van der Waals surface area contributed by atoms with Crippen LogP contribution in [0, 0.1) is 5.92 Å². The summed E-state index contributed by atoms with van der Waals surface area (Å²) < 4.78 is 10.7. The first-order valence-corrected chi connectivity index (χ1v) is 7.62. The highest BCUT2D eigenvalue weighted by atomic mass is 16.5. The zero-order chi connectivity index (χ0) is 16.4. The van der Waals surface area contributed by atoms with E-state index in [0.717, 1.165) is 18.4 Å². The molecule has 0 saturated heterocycles. The molecule has 1 aliphatic heterocycles. The number of ether oxygens (including phenoxy) is 2. The van der Waals surface area contributed by atoms with Gasteiger partial charge in [-0.3, -0.25) is 4.79 Å². The minimum absolute atomic E-state index is 0.126. The van der Waals surface area contributed by atoms with Crippen LogP contribution < -0.4 is 14.8 Å². The summed E-state index contributed by atoms with van der Waals surface area (Å²) in [6, 6.07) is 4.50. The zero-order valence-electron chi connectivity index (χ0n) is 12.9. The first-order valence-electron chi connectivity index (χ1n) is 7.62. The van der Waals surface area contributed by atoms with Gasteiger partial charge in [-0.2, -0.15) is 0 Å². The summed E-state index contributed by atoms with van der Waals surface area (Å²) >= 11 is 0. The molecule has 1 aromatic rings. The minimum Gasteiger partial charge on any atom is -0.497 e. The number of nitrogens with one attached hydrogen (secondary N) is 1. The van der Waals surface area contributed by atoms with Gasteiger partial charge in [0.15, 0.2) is 0 Å². The molecule has 1 fully saturated rings. The Bertz CT molecular complexity index is 663. The molecule has 122 valence electrons. The molecule has 0 bridgehead atoms. The summed E-state index contributed by atoms with van der Waals surface area (Å²) in [5.74, 6) is 0.367. The highest BCUT2D eigenvalue weighted by Gasteiger charge is 2.31. The van der Waals surface area contributed by atoms with Crippen molar-refractivity contribution in [3.63, 3.8) is 0 Å². The molecule has 6 heteroatoms. The van der Waals surface area contributed by atoms with Crippen LogP contribution in [0.4, 0.5) is 0 Å². The van der Waals surface area contributed by atoms with E-state index < -0.39 is 17.9 Å². The molecule has 1 aliphatic carbocycles. The number of rotatable bonds is 6. The molecule has 0 spiro atoms. The van der Waals surface area contributed by atoms with Gasteiger partial charge in [-0.15, -0.1) is 0 Å². The van der Waals surface area contributed by atoms with Gasteiger partial charge in [0.1, 0.15) is 24.1 Å². The van der Waals surface area contributed by atoms with Crippen molar-refractivity contribution in [2.75, 3.05) is 13.7 Å². The van der Waals surface area contributed by atoms with Crippen molar-refractivity contribution in [1.82, 2.24) is 5.32 Å². The third-order valence-corrected chi connectivity index (χ3v) is 4.09. The number of hydrogen-bond acceptors (Lipinski definition) is 4. The van der Waals surface area contributed by atoms with Gasteiger partial charge in [0.2, 0.25) is 0 Å². The third kappa shape index (κ3) is 3.64. The number of benzene rings is 1. The number of hydrogen-bond donors (Lipinski definition) is 2. The number of carboxylic acids is 1. The molecule has 0 radical (unpaired) electrons. The number of methoxy groups -OCH3 is 1. The van der Waals surface area contributed by atoms with E-state index in [9.17, 15) is 14.7 Å². The molecule has 2 aliphatic rings. The predicted molar refractivity (Wildman–Crippen MR) is 83.4 cm³/mol. The summed E-state index contributed by atoms with van der Waals surface area (Å²) in [6.45, 7) is 0.126. The Morgan fingerprint density at radius 2 is 2.22 bits per heavy atom. The van der Waals surface area contributed by atoms with Crippen LogP contribution in [-0.4, -0.2) is 36.7 Å². The van der Waals surface area contributed by atoms with Crippen molar-refractivity contribution in [2.24, 2.45) is 5.92 Å². The number of carbonyl (C=O) groups excluding carboxylic acids is 1. The average Bonchev–Trinajstić information content (AvgIpc) is 3.37. The maximum Gasteiger partial charge on any atom is 0.326 e. The second-order valence-electron chi connectivity index (χ2n) is 5.91. The maximum absolute atomic E-state index is 12.3. The van der Waals surface area contributed by atoms with E-state index in [-0.39, 0.29) is 6.61 Å². The van der Waals surface area contributed by atoms with Crippen LogP contribution in [-0.2, 0) is 9.59 Å². The van der Waals surface area contributed by atoms with E-state index in [1.165, 1.54) is 0 Å². The van der Waals surface area contributed by atoms with Gasteiger partial charge in [-0.25, -0.2) is 4.79 Å². The number of fused-ring (bicyclic) bond motifs is 1. The molecule has 1 aromatic carbocycles. The van der Waals surface area contributed by atoms with Gasteiger partial charge in [0, 0.05) is 5.56 Å². The van der Waals surface area contributed by atoms with E-state index in [2.05, 4.69) is 5.32 Å². The quantitative estimate of drug-likeness (QED) is 0.836. The fourth-order valence-corrected chi connectivity index (χ4v) is 2.57. The highest BCUT2D eigenvalue weighted by Crippen LogP contribution is 2.34. The van der Waals surface area contributed by atoms with Crippen molar-refractivity contribution in [2.45, 2.75) is 25.3 Å². The summed E-state index contributed by atoms with van der Waals surface area (Å²) in [4.78, 5) is 23.6. The van der Waals surface area contributed by atoms with E-state index in [1.807, 2.05) is 0 Å². The molecular weight excluding hydrogens is 298 g/mol. The lowest BCUT2D eigenvalue weighted by molar-refractivity contribution is -0.141. The van der Waals surface area contributed by atoms with Crippen molar-refractivity contribution in [3.8, 4) is 11.5 Å². The fraction of sp³-hybridized carbons (Fsp3) is 0.412.